The first-order valence-corrected chi connectivity index (χ1v) is 17.9. The molecule has 0 spiro atoms. The molecule has 0 bridgehead atoms. The van der Waals surface area contributed by atoms with Crippen molar-refractivity contribution in [2.75, 3.05) is 0 Å². The van der Waals surface area contributed by atoms with Gasteiger partial charge in [0.1, 0.15) is 0 Å². The molecule has 0 saturated heterocycles. The van der Waals surface area contributed by atoms with Crippen LogP contribution < -0.4 is 0 Å². The van der Waals surface area contributed by atoms with Gasteiger partial charge in [0.15, 0.2) is 11.6 Å². The Balaban J connectivity index is 1.17. The molecule has 7 aromatic carbocycles. The topological polar surface area (TPSA) is 48.5 Å². The summed E-state index contributed by atoms with van der Waals surface area (Å²) in [6, 6.07) is 57.8. The summed E-state index contributed by atoms with van der Waals surface area (Å²) in [5.74, 6) is 1.84. The minimum absolute atomic E-state index is 0.588. The highest BCUT2D eigenvalue weighted by Gasteiger charge is 2.19. The number of hydrogen-bond acceptors (Lipinski definition) is 4. The zero-order valence-corrected chi connectivity index (χ0v) is 28.0. The van der Waals surface area contributed by atoms with Gasteiger partial charge in [-0.05, 0) is 60.7 Å². The van der Waals surface area contributed by atoms with Crippen molar-refractivity contribution >= 4 is 75.1 Å². The number of fused-ring (bicyclic) bond motifs is 9. The van der Waals surface area contributed by atoms with E-state index in [-0.39, 0.29) is 0 Å². The fraction of sp³-hybridized carbons (Fsp3) is 0. The standard InChI is InChI=1S/C45H27N5S/c1-6-19-37-31(14-1)32-15-2-7-20-38(32)49(37)30-13-11-12-28(26-30)43-46-44(29-24-25-42-36(27-29)35-18-5-10-23-41(35)51-42)48-45(47-43)50-39-21-8-3-16-33(39)34-17-4-9-22-40(34)50/h1-27H. The van der Waals surface area contributed by atoms with E-state index in [1.54, 1.807) is 0 Å². The molecule has 4 aromatic heterocycles. The Labute approximate surface area is 296 Å². The van der Waals surface area contributed by atoms with E-state index in [9.17, 15) is 0 Å². The van der Waals surface area contributed by atoms with E-state index in [1.165, 1.54) is 30.9 Å². The number of benzene rings is 7. The molecule has 0 atom stereocenters. The molecule has 0 unspecified atom stereocenters. The molecule has 5 nitrogen and oxygen atoms in total. The van der Waals surface area contributed by atoms with Crippen LogP contribution in [0.25, 0.3) is 98.2 Å². The number of para-hydroxylation sites is 4. The van der Waals surface area contributed by atoms with Gasteiger partial charge in [-0.2, -0.15) is 9.97 Å². The van der Waals surface area contributed by atoms with Gasteiger partial charge in [-0.1, -0.05) is 103 Å². The van der Waals surface area contributed by atoms with Crippen LogP contribution in [0.15, 0.2) is 164 Å². The number of hydrogen-bond donors (Lipinski definition) is 0. The van der Waals surface area contributed by atoms with Gasteiger partial charge in [-0.15, -0.1) is 11.3 Å². The first-order chi connectivity index (χ1) is 25.3. The van der Waals surface area contributed by atoms with Crippen molar-refractivity contribution in [3.05, 3.63) is 164 Å². The predicted octanol–water partition coefficient (Wildman–Crippen LogP) is 11.8. The molecule has 4 heterocycles. The minimum Gasteiger partial charge on any atom is -0.309 e. The molecule has 11 aromatic rings. The number of aromatic nitrogens is 5. The van der Waals surface area contributed by atoms with Gasteiger partial charge in [0.05, 0.1) is 22.1 Å². The highest BCUT2D eigenvalue weighted by Crippen LogP contribution is 2.38. The fourth-order valence-corrected chi connectivity index (χ4v) is 8.80. The first-order valence-electron chi connectivity index (χ1n) is 17.0. The SMILES string of the molecule is c1cc(-c2nc(-c3ccc4sc5ccccc5c4c3)nc(-n3c4ccccc4c4ccccc43)n2)cc(-n2c3ccccc3c3ccccc32)c1. The van der Waals surface area contributed by atoms with Gasteiger partial charge in [0.25, 0.3) is 0 Å². The largest absolute Gasteiger partial charge is 0.309 e. The Hall–Kier alpha value is -6.63. The summed E-state index contributed by atoms with van der Waals surface area (Å²) in [7, 11) is 0. The van der Waals surface area contributed by atoms with Gasteiger partial charge in [0, 0.05) is 58.5 Å². The summed E-state index contributed by atoms with van der Waals surface area (Å²) in [6.07, 6.45) is 0. The molecule has 0 saturated carbocycles. The number of nitrogens with zero attached hydrogens (tertiary/aromatic N) is 5. The molecular weight excluding hydrogens is 643 g/mol. The summed E-state index contributed by atoms with van der Waals surface area (Å²) >= 11 is 1.81. The van der Waals surface area contributed by atoms with Crippen LogP contribution >= 0.6 is 11.3 Å². The van der Waals surface area contributed by atoms with Crippen molar-refractivity contribution in [3.63, 3.8) is 0 Å². The van der Waals surface area contributed by atoms with Crippen LogP contribution in [0, 0.1) is 0 Å². The molecule has 51 heavy (non-hydrogen) atoms. The fourth-order valence-electron chi connectivity index (χ4n) is 7.71. The summed E-state index contributed by atoms with van der Waals surface area (Å²) < 4.78 is 7.03. The molecule has 0 fully saturated rings. The third kappa shape index (κ3) is 4.30. The van der Waals surface area contributed by atoms with Crippen molar-refractivity contribution in [3.8, 4) is 34.4 Å². The normalized spacial score (nSPS) is 11.9. The molecule has 0 aliphatic heterocycles. The first kappa shape index (κ1) is 28.2. The summed E-state index contributed by atoms with van der Waals surface area (Å²) in [4.78, 5) is 15.7. The van der Waals surface area contributed by atoms with Crippen LogP contribution in [0.1, 0.15) is 0 Å². The van der Waals surface area contributed by atoms with Crippen molar-refractivity contribution in [2.45, 2.75) is 0 Å². The van der Waals surface area contributed by atoms with E-state index >= 15 is 0 Å². The third-order valence-electron chi connectivity index (χ3n) is 9.98. The molecule has 11 rings (SSSR count). The van der Waals surface area contributed by atoms with Gasteiger partial charge >= 0.3 is 0 Å². The lowest BCUT2D eigenvalue weighted by atomic mass is 10.1. The van der Waals surface area contributed by atoms with E-state index < -0.39 is 0 Å². The maximum absolute atomic E-state index is 5.25. The van der Waals surface area contributed by atoms with Crippen LogP contribution in [-0.4, -0.2) is 24.1 Å². The monoisotopic (exact) mass is 669 g/mol. The van der Waals surface area contributed by atoms with E-state index in [1.807, 2.05) is 11.3 Å². The van der Waals surface area contributed by atoms with Gasteiger partial charge in [-0.25, -0.2) is 4.98 Å². The van der Waals surface area contributed by atoms with Gasteiger partial charge in [-0.3, -0.25) is 4.57 Å². The molecule has 0 radical (unpaired) electrons. The lowest BCUT2D eigenvalue weighted by Crippen LogP contribution is -2.06. The lowest BCUT2D eigenvalue weighted by Gasteiger charge is -2.13. The lowest BCUT2D eigenvalue weighted by molar-refractivity contribution is 0.953. The van der Waals surface area contributed by atoms with Gasteiger partial charge in [0.2, 0.25) is 5.95 Å². The van der Waals surface area contributed by atoms with E-state index in [0.29, 0.717) is 17.6 Å². The quantitative estimate of drug-likeness (QED) is 0.187. The second kappa shape index (κ2) is 10.9. The molecule has 238 valence electrons. The van der Waals surface area contributed by atoms with E-state index in [0.717, 1.165) is 49.7 Å². The summed E-state index contributed by atoms with van der Waals surface area (Å²) in [5.41, 5.74) is 7.36. The Kier molecular flexibility index (Phi) is 6.05. The van der Waals surface area contributed by atoms with Crippen LogP contribution in [0.3, 0.4) is 0 Å². The minimum atomic E-state index is 0.588. The maximum atomic E-state index is 5.25. The highest BCUT2D eigenvalue weighted by molar-refractivity contribution is 7.25. The average molecular weight is 670 g/mol. The predicted molar refractivity (Wildman–Crippen MR) is 212 cm³/mol. The Morgan fingerprint density at radius 3 is 1.45 bits per heavy atom. The third-order valence-corrected chi connectivity index (χ3v) is 11.1. The maximum Gasteiger partial charge on any atom is 0.238 e. The van der Waals surface area contributed by atoms with Crippen LogP contribution in [0.4, 0.5) is 0 Å². The second-order valence-electron chi connectivity index (χ2n) is 12.9. The molecule has 0 aliphatic carbocycles. The zero-order valence-electron chi connectivity index (χ0n) is 27.2. The van der Waals surface area contributed by atoms with Crippen molar-refractivity contribution in [1.29, 1.82) is 0 Å². The summed E-state index contributed by atoms with van der Waals surface area (Å²) in [6.45, 7) is 0. The van der Waals surface area contributed by atoms with Crippen molar-refractivity contribution in [2.24, 2.45) is 0 Å². The van der Waals surface area contributed by atoms with Gasteiger partial charge < -0.3 is 4.57 Å². The number of rotatable bonds is 4. The average Bonchev–Trinajstić information content (AvgIpc) is 3.85. The van der Waals surface area contributed by atoms with Crippen molar-refractivity contribution in [1.82, 2.24) is 24.1 Å². The second-order valence-corrected chi connectivity index (χ2v) is 14.0. The highest BCUT2D eigenvalue weighted by atomic mass is 32.1. The zero-order chi connectivity index (χ0) is 33.5. The van der Waals surface area contributed by atoms with Crippen molar-refractivity contribution < 1.29 is 0 Å². The molecule has 0 N–H and O–H groups in total. The molecular formula is C45H27N5S. The Morgan fingerprint density at radius 2 is 0.843 bits per heavy atom. The number of thiophene rings is 1. The van der Waals surface area contributed by atoms with E-state index in [2.05, 4.69) is 173 Å². The van der Waals surface area contributed by atoms with Crippen LogP contribution in [-0.2, 0) is 0 Å². The molecule has 0 aliphatic rings. The van der Waals surface area contributed by atoms with Crippen LogP contribution in [0.5, 0.6) is 0 Å². The Bertz CT molecular complexity index is 3060. The smallest absolute Gasteiger partial charge is 0.238 e. The van der Waals surface area contributed by atoms with E-state index in [4.69, 9.17) is 15.0 Å². The molecule has 6 heteroatoms. The summed E-state index contributed by atoms with van der Waals surface area (Å²) in [5, 5.41) is 7.24. The Morgan fingerprint density at radius 1 is 0.353 bits per heavy atom. The van der Waals surface area contributed by atoms with Crippen LogP contribution in [0.2, 0.25) is 0 Å². The molecule has 0 amide bonds.